The number of aliphatic hydroxyl groups is 2. The van der Waals surface area contributed by atoms with Crippen molar-refractivity contribution in [1.82, 2.24) is 0 Å². The lowest BCUT2D eigenvalue weighted by Gasteiger charge is -2.56. The van der Waals surface area contributed by atoms with E-state index in [-0.39, 0.29) is 5.41 Å². The molecule has 2 nitrogen and oxygen atoms in total. The molecule has 29 heavy (non-hydrogen) atoms. The van der Waals surface area contributed by atoms with Crippen LogP contribution < -0.4 is 0 Å². The lowest BCUT2D eigenvalue weighted by Crippen LogP contribution is -2.50. The van der Waals surface area contributed by atoms with E-state index in [1.165, 1.54) is 44.1 Å². The molecule has 0 aromatic rings. The Morgan fingerprint density at radius 2 is 1.83 bits per heavy atom. The molecule has 0 aliphatic heterocycles. The van der Waals surface area contributed by atoms with Crippen molar-refractivity contribution >= 4 is 0 Å². The zero-order valence-corrected chi connectivity index (χ0v) is 19.2. The topological polar surface area (TPSA) is 40.5 Å². The first-order valence-corrected chi connectivity index (χ1v) is 12.1. The van der Waals surface area contributed by atoms with Crippen molar-refractivity contribution in [1.29, 1.82) is 0 Å². The van der Waals surface area contributed by atoms with Crippen LogP contribution in [-0.2, 0) is 0 Å². The van der Waals surface area contributed by atoms with Gasteiger partial charge >= 0.3 is 0 Å². The Labute approximate surface area is 178 Å². The maximum absolute atomic E-state index is 10.7. The molecule has 2 unspecified atom stereocenters. The molecule has 162 valence electrons. The molecule has 3 saturated carbocycles. The number of rotatable bonds is 4. The van der Waals surface area contributed by atoms with Crippen molar-refractivity contribution in [2.75, 3.05) is 0 Å². The van der Waals surface area contributed by atoms with Crippen LogP contribution in [0.2, 0.25) is 0 Å². The van der Waals surface area contributed by atoms with Crippen molar-refractivity contribution in [2.24, 2.45) is 34.5 Å². The molecule has 0 aromatic heterocycles. The molecule has 0 radical (unpaired) electrons. The minimum atomic E-state index is -0.675. The highest BCUT2D eigenvalue weighted by Gasteiger charge is 2.57. The van der Waals surface area contributed by atoms with Crippen molar-refractivity contribution < 1.29 is 10.2 Å². The summed E-state index contributed by atoms with van der Waals surface area (Å²) in [7, 11) is 0. The van der Waals surface area contributed by atoms with Crippen molar-refractivity contribution in [3.05, 3.63) is 34.9 Å². The fourth-order valence-corrected chi connectivity index (χ4v) is 7.87. The van der Waals surface area contributed by atoms with Crippen LogP contribution in [-0.4, -0.2) is 22.4 Å². The monoisotopic (exact) mass is 398 g/mol. The van der Waals surface area contributed by atoms with Gasteiger partial charge in [0.25, 0.3) is 0 Å². The normalized spacial score (nSPS) is 44.7. The van der Waals surface area contributed by atoms with Crippen LogP contribution >= 0.6 is 0 Å². The number of aliphatic hydroxyl groups excluding tert-OH is 2. The fourth-order valence-electron chi connectivity index (χ4n) is 7.87. The van der Waals surface area contributed by atoms with E-state index in [1.807, 2.05) is 0 Å². The predicted molar refractivity (Wildman–Crippen MR) is 120 cm³/mol. The Bertz CT molecular complexity index is 727. The molecule has 0 spiro atoms. The predicted octanol–water partition coefficient (Wildman–Crippen LogP) is 6.20. The molecule has 4 aliphatic rings. The second-order valence-electron chi connectivity index (χ2n) is 11.4. The Morgan fingerprint density at radius 3 is 2.55 bits per heavy atom. The van der Waals surface area contributed by atoms with Crippen LogP contribution in [0, 0.1) is 34.5 Å². The first-order valence-electron chi connectivity index (χ1n) is 12.1. The average molecular weight is 399 g/mol. The standard InChI is InChI=1S/C27H42O2/c1-17(2)7-6-8-18(3)20-11-12-21-19-9-10-23-25(29)24(28)14-16-27(23,5)22(19)13-15-26(20,21)4/h7,9-10,18,20-22,24-25,28-29H,6,8,11-16H2,1-5H3/t18-,20-,21+,22+,24?,25?,26-,27-/m1/s1. The first kappa shape index (κ1) is 21.4. The van der Waals surface area contributed by atoms with Crippen LogP contribution in [0.5, 0.6) is 0 Å². The van der Waals surface area contributed by atoms with Crippen molar-refractivity contribution in [3.63, 3.8) is 0 Å². The molecular formula is C27H42O2. The van der Waals surface area contributed by atoms with E-state index in [2.05, 4.69) is 52.8 Å². The molecule has 4 rings (SSSR count). The number of allylic oxidation sites excluding steroid dienone is 5. The van der Waals surface area contributed by atoms with Gasteiger partial charge in [0.15, 0.2) is 0 Å². The summed E-state index contributed by atoms with van der Waals surface area (Å²) in [5.74, 6) is 2.88. The van der Waals surface area contributed by atoms with Gasteiger partial charge in [-0.1, -0.05) is 50.1 Å². The number of hydrogen-bond donors (Lipinski definition) is 2. The van der Waals surface area contributed by atoms with Crippen LogP contribution in [0.25, 0.3) is 0 Å². The molecule has 0 amide bonds. The molecule has 2 N–H and O–H groups in total. The molecule has 4 aliphatic carbocycles. The molecule has 0 aromatic carbocycles. The van der Waals surface area contributed by atoms with Crippen LogP contribution in [0.1, 0.15) is 86.0 Å². The van der Waals surface area contributed by atoms with E-state index in [0.717, 1.165) is 30.3 Å². The second kappa shape index (κ2) is 7.68. The quantitative estimate of drug-likeness (QED) is 0.554. The summed E-state index contributed by atoms with van der Waals surface area (Å²) in [6, 6.07) is 0. The van der Waals surface area contributed by atoms with Crippen LogP contribution in [0.4, 0.5) is 0 Å². The van der Waals surface area contributed by atoms with Gasteiger partial charge in [-0.25, -0.2) is 0 Å². The van der Waals surface area contributed by atoms with Crippen LogP contribution in [0.3, 0.4) is 0 Å². The third kappa shape index (κ3) is 3.39. The lowest BCUT2D eigenvalue weighted by molar-refractivity contribution is -0.0282. The Morgan fingerprint density at radius 1 is 1.07 bits per heavy atom. The average Bonchev–Trinajstić information content (AvgIpc) is 3.02. The maximum Gasteiger partial charge on any atom is 0.102 e. The maximum atomic E-state index is 10.7. The van der Waals surface area contributed by atoms with E-state index in [1.54, 1.807) is 5.57 Å². The molecule has 2 heteroatoms. The van der Waals surface area contributed by atoms with E-state index in [4.69, 9.17) is 0 Å². The summed E-state index contributed by atoms with van der Waals surface area (Å²) >= 11 is 0. The van der Waals surface area contributed by atoms with Gasteiger partial charge in [0, 0.05) is 0 Å². The highest BCUT2D eigenvalue weighted by molar-refractivity contribution is 5.40. The van der Waals surface area contributed by atoms with E-state index in [9.17, 15) is 10.2 Å². The molecule has 0 heterocycles. The second-order valence-corrected chi connectivity index (χ2v) is 11.4. The third-order valence-electron chi connectivity index (χ3n) is 9.57. The highest BCUT2D eigenvalue weighted by atomic mass is 16.3. The fraction of sp³-hybridized carbons (Fsp3) is 0.778. The number of fused-ring (bicyclic) bond motifs is 5. The van der Waals surface area contributed by atoms with Crippen molar-refractivity contribution in [2.45, 2.75) is 98.2 Å². The molecule has 0 bridgehead atoms. The van der Waals surface area contributed by atoms with Gasteiger partial charge < -0.3 is 10.2 Å². The molecule has 0 saturated heterocycles. The first-order chi connectivity index (χ1) is 13.7. The third-order valence-corrected chi connectivity index (χ3v) is 9.57. The van der Waals surface area contributed by atoms with E-state index < -0.39 is 12.2 Å². The van der Waals surface area contributed by atoms with Gasteiger partial charge in [-0.05, 0) is 105 Å². The van der Waals surface area contributed by atoms with Crippen molar-refractivity contribution in [3.8, 4) is 0 Å². The summed E-state index contributed by atoms with van der Waals surface area (Å²) in [4.78, 5) is 0. The van der Waals surface area contributed by atoms with Gasteiger partial charge in [0.05, 0.1) is 6.10 Å². The minimum Gasteiger partial charge on any atom is -0.390 e. The zero-order chi connectivity index (χ0) is 21.0. The summed E-state index contributed by atoms with van der Waals surface area (Å²) in [5.41, 5.74) is 4.68. The lowest BCUT2D eigenvalue weighted by atomic mass is 9.49. The smallest absolute Gasteiger partial charge is 0.102 e. The van der Waals surface area contributed by atoms with E-state index in [0.29, 0.717) is 17.3 Å². The van der Waals surface area contributed by atoms with E-state index >= 15 is 0 Å². The summed E-state index contributed by atoms with van der Waals surface area (Å²) in [5, 5.41) is 20.9. The zero-order valence-electron chi connectivity index (χ0n) is 19.2. The largest absolute Gasteiger partial charge is 0.390 e. The summed E-state index contributed by atoms with van der Waals surface area (Å²) in [6.45, 7) is 11.9. The van der Waals surface area contributed by atoms with Gasteiger partial charge in [-0.15, -0.1) is 0 Å². The number of hydrogen-bond acceptors (Lipinski definition) is 2. The SMILES string of the molecule is CC(C)=CCC[C@@H](C)[C@H]1CC[C@H]2C3=CC=C4C(O)C(O)CC[C@]4(C)[C@H]3CC[C@]12C. The van der Waals surface area contributed by atoms with Gasteiger partial charge in [0.1, 0.15) is 6.10 Å². The molecule has 3 fully saturated rings. The summed E-state index contributed by atoms with van der Waals surface area (Å²) in [6.07, 6.45) is 15.2. The van der Waals surface area contributed by atoms with Gasteiger partial charge in [-0.2, -0.15) is 0 Å². The van der Waals surface area contributed by atoms with Gasteiger partial charge in [0.2, 0.25) is 0 Å². The Balaban J connectivity index is 1.58. The Kier molecular flexibility index (Phi) is 5.66. The molecule has 8 atom stereocenters. The van der Waals surface area contributed by atoms with Crippen LogP contribution in [0.15, 0.2) is 34.9 Å². The highest BCUT2D eigenvalue weighted by Crippen LogP contribution is 2.66. The minimum absolute atomic E-state index is 0.0389. The van der Waals surface area contributed by atoms with Gasteiger partial charge in [-0.3, -0.25) is 0 Å². The Hall–Kier alpha value is -0.860. The molecular weight excluding hydrogens is 356 g/mol. The summed E-state index contributed by atoms with van der Waals surface area (Å²) < 4.78 is 0.